The zero-order chi connectivity index (χ0) is 21.4. The van der Waals surface area contributed by atoms with E-state index in [0.717, 1.165) is 42.7 Å². The predicted octanol–water partition coefficient (Wildman–Crippen LogP) is 1.95. The molecule has 0 spiro atoms. The maximum Gasteiger partial charge on any atom is 1.00 e. The van der Waals surface area contributed by atoms with Gasteiger partial charge in [0.1, 0.15) is 26.5 Å². The van der Waals surface area contributed by atoms with E-state index >= 15 is 0 Å². The van der Waals surface area contributed by atoms with Gasteiger partial charge in [0.25, 0.3) is 0 Å². The Balaban J connectivity index is 0.00000450. The van der Waals surface area contributed by atoms with E-state index in [-0.39, 0.29) is 40.1 Å². The number of benzene rings is 2. The van der Waals surface area contributed by atoms with Gasteiger partial charge in [0.15, 0.2) is 0 Å². The molecule has 5 nitrogen and oxygen atoms in total. The number of rotatable bonds is 11. The van der Waals surface area contributed by atoms with Crippen molar-refractivity contribution in [3.8, 4) is 22.6 Å². The number of methoxy groups -OCH3 is 2. The molecule has 0 heterocycles. The van der Waals surface area contributed by atoms with Crippen LogP contribution in [0.3, 0.4) is 0 Å². The van der Waals surface area contributed by atoms with Crippen molar-refractivity contribution in [2.45, 2.75) is 35.4 Å². The molecule has 0 saturated heterocycles. The molecule has 10 heteroatoms. The monoisotopic (exact) mass is 500 g/mol. The van der Waals surface area contributed by atoms with E-state index in [4.69, 9.17) is 32.7 Å². The third kappa shape index (κ3) is 7.83. The van der Waals surface area contributed by atoms with Crippen molar-refractivity contribution in [1.82, 2.24) is 0 Å². The minimum absolute atomic E-state index is 0. The molecule has 2 aromatic carbocycles. The summed E-state index contributed by atoms with van der Waals surface area (Å²) < 4.78 is 45.9. The predicted molar refractivity (Wildman–Crippen MR) is 120 cm³/mol. The number of alkyl halides is 2. The van der Waals surface area contributed by atoms with Gasteiger partial charge in [0.05, 0.1) is 24.7 Å². The van der Waals surface area contributed by atoms with Crippen LogP contribution in [0.1, 0.15) is 25.7 Å². The van der Waals surface area contributed by atoms with Gasteiger partial charge in [-0.3, -0.25) is 0 Å². The summed E-state index contributed by atoms with van der Waals surface area (Å²) in [5.74, 6) is 0.452. The minimum Gasteiger partial charge on any atom is -0.744 e. The molecule has 0 bridgehead atoms. The molecule has 2 aromatic rings. The van der Waals surface area contributed by atoms with Crippen molar-refractivity contribution in [1.29, 1.82) is 0 Å². The Hall–Kier alpha value is -0.0400. The third-order valence-corrected chi connectivity index (χ3v) is 7.10. The molecular formula is C20H24Cl2NaO5PS. The molecule has 1 unspecified atom stereocenters. The fourth-order valence-corrected chi connectivity index (χ4v) is 5.31. The van der Waals surface area contributed by atoms with E-state index in [1.807, 2.05) is 24.3 Å². The van der Waals surface area contributed by atoms with Crippen molar-refractivity contribution in [2.24, 2.45) is 0 Å². The Morgan fingerprint density at radius 3 is 2.33 bits per heavy atom. The van der Waals surface area contributed by atoms with Crippen LogP contribution >= 0.6 is 31.8 Å². The Labute approximate surface area is 212 Å². The van der Waals surface area contributed by atoms with Gasteiger partial charge in [-0.1, -0.05) is 45.7 Å². The van der Waals surface area contributed by atoms with Crippen molar-refractivity contribution in [3.63, 3.8) is 0 Å². The third-order valence-electron chi connectivity index (χ3n) is 4.39. The maximum absolute atomic E-state index is 11.7. The second kappa shape index (κ2) is 13.5. The van der Waals surface area contributed by atoms with Crippen molar-refractivity contribution < 1.29 is 52.0 Å². The number of hydrogen-bond acceptors (Lipinski definition) is 5. The largest absolute Gasteiger partial charge is 1.00 e. The van der Waals surface area contributed by atoms with Crippen LogP contribution in [0.5, 0.6) is 11.5 Å². The summed E-state index contributed by atoms with van der Waals surface area (Å²) in [5.41, 5.74) is 1.27. The van der Waals surface area contributed by atoms with Crippen LogP contribution in [0.25, 0.3) is 11.1 Å². The number of ether oxygens (including phenoxy) is 2. The summed E-state index contributed by atoms with van der Waals surface area (Å²) in [6.07, 6.45) is 4.83. The molecule has 0 amide bonds. The zero-order valence-corrected chi connectivity index (χ0v) is 22.6. The molecular weight excluding hydrogens is 477 g/mol. The topological polar surface area (TPSA) is 75.7 Å². The fourth-order valence-electron chi connectivity index (χ4n) is 3.05. The summed E-state index contributed by atoms with van der Waals surface area (Å²) >= 11 is 11.5. The molecule has 0 N–H and O–H groups in total. The Morgan fingerprint density at radius 1 is 1.03 bits per heavy atom. The van der Waals surface area contributed by atoms with Crippen LogP contribution in [-0.4, -0.2) is 38.2 Å². The number of halogens is 2. The van der Waals surface area contributed by atoms with Crippen molar-refractivity contribution in [3.05, 3.63) is 36.4 Å². The summed E-state index contributed by atoms with van der Waals surface area (Å²) in [6.45, 7) is 0. The molecule has 0 aliphatic heterocycles. The molecule has 30 heavy (non-hydrogen) atoms. The molecule has 0 aromatic heterocycles. The average Bonchev–Trinajstić information content (AvgIpc) is 2.68. The van der Waals surface area contributed by atoms with Gasteiger partial charge in [-0.2, -0.15) is 0 Å². The normalized spacial score (nSPS) is 11.7. The average molecular weight is 501 g/mol. The van der Waals surface area contributed by atoms with Crippen molar-refractivity contribution in [2.75, 3.05) is 20.4 Å². The van der Waals surface area contributed by atoms with E-state index in [2.05, 4.69) is 0 Å². The quantitative estimate of drug-likeness (QED) is 0.155. The first-order chi connectivity index (χ1) is 13.8. The first kappa shape index (κ1) is 28.0. The molecule has 2 rings (SSSR count). The summed E-state index contributed by atoms with van der Waals surface area (Å²) in [6, 6.07) is 10.4. The maximum atomic E-state index is 11.7. The SMILES string of the molecule is COc1ccc(S(=O)(=O)[O-])c(OC)c1-c1ccccc1PCCCCCC(Cl)Cl.[Na+]. The molecule has 160 valence electrons. The van der Waals surface area contributed by atoms with Crippen LogP contribution in [0.4, 0.5) is 0 Å². The van der Waals surface area contributed by atoms with Crippen LogP contribution < -0.4 is 44.3 Å². The fraction of sp³-hybridized carbons (Fsp3) is 0.400. The van der Waals surface area contributed by atoms with E-state index in [9.17, 15) is 13.0 Å². The van der Waals surface area contributed by atoms with Crippen LogP contribution in [-0.2, 0) is 10.1 Å². The van der Waals surface area contributed by atoms with E-state index in [0.29, 0.717) is 19.9 Å². The minimum atomic E-state index is -4.70. The molecule has 1 atom stereocenters. The van der Waals surface area contributed by atoms with Gasteiger partial charge in [0, 0.05) is 0 Å². The summed E-state index contributed by atoms with van der Waals surface area (Å²) in [5, 5.41) is 1.05. The Kier molecular flexibility index (Phi) is 12.6. The molecule has 0 radical (unpaired) electrons. The van der Waals surface area contributed by atoms with Crippen LogP contribution in [0.15, 0.2) is 41.3 Å². The molecule has 0 fully saturated rings. The smallest absolute Gasteiger partial charge is 0.744 e. The molecule has 0 aliphatic rings. The van der Waals surface area contributed by atoms with Gasteiger partial charge in [-0.15, -0.1) is 23.2 Å². The number of unbranched alkanes of at least 4 members (excludes halogenated alkanes) is 2. The molecule has 0 aliphatic carbocycles. The van der Waals surface area contributed by atoms with E-state index in [1.54, 1.807) is 0 Å². The van der Waals surface area contributed by atoms with Gasteiger partial charge in [0.2, 0.25) is 0 Å². The Bertz CT molecular complexity index is 925. The van der Waals surface area contributed by atoms with Crippen LogP contribution in [0.2, 0.25) is 0 Å². The second-order valence-electron chi connectivity index (χ2n) is 6.34. The first-order valence-electron chi connectivity index (χ1n) is 9.12. The molecule has 0 saturated carbocycles. The van der Waals surface area contributed by atoms with E-state index < -0.39 is 15.0 Å². The number of hydrogen-bond donors (Lipinski definition) is 0. The van der Waals surface area contributed by atoms with Gasteiger partial charge in [-0.05, 0) is 42.0 Å². The van der Waals surface area contributed by atoms with Gasteiger partial charge >= 0.3 is 29.6 Å². The second-order valence-corrected chi connectivity index (χ2v) is 10.4. The van der Waals surface area contributed by atoms with Crippen molar-refractivity contribution >= 4 is 47.2 Å². The Morgan fingerprint density at radius 2 is 1.73 bits per heavy atom. The standard InChI is InChI=1S/C20H25Cl2O5PS.Na/c1-26-15-11-12-17(29(23,24)25)20(27-2)19(15)14-8-5-6-9-16(14)28-13-7-3-4-10-18(21)22;/h5-6,8-9,11-12,18,28H,3-4,7,10,13H2,1-2H3,(H,23,24,25);/q;+1/p-1. The summed E-state index contributed by atoms with van der Waals surface area (Å²) in [4.78, 5) is -0.715. The summed E-state index contributed by atoms with van der Waals surface area (Å²) in [7, 11) is -1.35. The van der Waals surface area contributed by atoms with Gasteiger partial charge in [-0.25, -0.2) is 8.42 Å². The van der Waals surface area contributed by atoms with E-state index in [1.165, 1.54) is 26.4 Å². The first-order valence-corrected chi connectivity index (χ1v) is 12.6. The van der Waals surface area contributed by atoms with Gasteiger partial charge < -0.3 is 14.0 Å². The van der Waals surface area contributed by atoms with Crippen LogP contribution in [0, 0.1) is 0 Å². The zero-order valence-electron chi connectivity index (χ0n) is 17.3.